The number of benzene rings is 2. The lowest BCUT2D eigenvalue weighted by molar-refractivity contribution is -0.125. The molecule has 8 heteroatoms. The molecule has 0 spiro atoms. The minimum absolute atomic E-state index is 0.0220. The lowest BCUT2D eigenvalue weighted by atomic mass is 10.1. The van der Waals surface area contributed by atoms with Crippen LogP contribution in [0.2, 0.25) is 0 Å². The highest BCUT2D eigenvalue weighted by atomic mass is 16.5. The first-order valence-electron chi connectivity index (χ1n) is 8.54. The molecule has 1 N–H and O–H groups in total. The zero-order valence-electron chi connectivity index (χ0n) is 15.2. The lowest BCUT2D eigenvalue weighted by Gasteiger charge is -2.28. The molecular formula is C20H18N4O4. The van der Waals surface area contributed by atoms with E-state index in [1.54, 1.807) is 55.5 Å². The summed E-state index contributed by atoms with van der Waals surface area (Å²) in [6, 6.07) is 15.9. The van der Waals surface area contributed by atoms with Gasteiger partial charge in [0.05, 0.1) is 11.4 Å². The third kappa shape index (κ3) is 4.45. The molecule has 0 unspecified atom stereocenters. The fraction of sp³-hybridized carbons (Fsp3) is 0.200. The number of fused-ring (bicyclic) bond motifs is 1. The molecule has 0 atom stereocenters. The SMILES string of the molecule is C/C(=N/NC(=O)CN1C(=O)COc2ccccc21)c1ccc(OCC#N)cc1. The first-order chi connectivity index (χ1) is 13.6. The summed E-state index contributed by atoms with van der Waals surface area (Å²) in [5.41, 5.74) is 4.41. The highest BCUT2D eigenvalue weighted by Crippen LogP contribution is 2.31. The van der Waals surface area contributed by atoms with Crippen LogP contribution in [-0.4, -0.2) is 37.3 Å². The number of hydrazone groups is 1. The van der Waals surface area contributed by atoms with Crippen LogP contribution >= 0.6 is 0 Å². The van der Waals surface area contributed by atoms with Crippen LogP contribution in [-0.2, 0) is 9.59 Å². The molecule has 142 valence electrons. The number of rotatable bonds is 6. The fourth-order valence-electron chi connectivity index (χ4n) is 2.62. The Balaban J connectivity index is 1.62. The number of anilines is 1. The molecule has 3 rings (SSSR count). The zero-order valence-corrected chi connectivity index (χ0v) is 15.2. The number of carbonyl (C=O) groups excluding carboxylic acids is 2. The number of para-hydroxylation sites is 2. The topological polar surface area (TPSA) is 104 Å². The van der Waals surface area contributed by atoms with Gasteiger partial charge in [0.25, 0.3) is 11.8 Å². The Bertz CT molecular complexity index is 947. The third-order valence-electron chi connectivity index (χ3n) is 4.03. The predicted molar refractivity (Wildman–Crippen MR) is 102 cm³/mol. The van der Waals surface area contributed by atoms with Crippen molar-refractivity contribution >= 4 is 23.2 Å². The average Bonchev–Trinajstić information content (AvgIpc) is 2.73. The highest BCUT2D eigenvalue weighted by Gasteiger charge is 2.26. The second kappa shape index (κ2) is 8.68. The van der Waals surface area contributed by atoms with Gasteiger partial charge in [0.2, 0.25) is 0 Å². The van der Waals surface area contributed by atoms with E-state index in [-0.39, 0.29) is 25.7 Å². The van der Waals surface area contributed by atoms with Gasteiger partial charge in [-0.1, -0.05) is 12.1 Å². The van der Waals surface area contributed by atoms with E-state index in [1.165, 1.54) is 4.90 Å². The van der Waals surface area contributed by atoms with Crippen molar-refractivity contribution in [3.05, 3.63) is 54.1 Å². The molecule has 0 saturated carbocycles. The maximum atomic E-state index is 12.3. The maximum absolute atomic E-state index is 12.3. The van der Waals surface area contributed by atoms with Crippen molar-refractivity contribution < 1.29 is 19.1 Å². The van der Waals surface area contributed by atoms with Crippen molar-refractivity contribution in [1.29, 1.82) is 5.26 Å². The summed E-state index contributed by atoms with van der Waals surface area (Å²) in [6.45, 7) is 1.47. The molecule has 0 aliphatic carbocycles. The monoisotopic (exact) mass is 378 g/mol. The number of hydrogen-bond donors (Lipinski definition) is 1. The summed E-state index contributed by atoms with van der Waals surface area (Å²) in [5.74, 6) is 0.431. The van der Waals surface area contributed by atoms with Gasteiger partial charge in [-0.05, 0) is 48.9 Å². The fourth-order valence-corrected chi connectivity index (χ4v) is 2.62. The van der Waals surface area contributed by atoms with Gasteiger partial charge in [0.1, 0.15) is 24.1 Å². The van der Waals surface area contributed by atoms with Gasteiger partial charge in [0.15, 0.2) is 13.2 Å². The summed E-state index contributed by atoms with van der Waals surface area (Å²) in [7, 11) is 0. The summed E-state index contributed by atoms with van der Waals surface area (Å²) in [4.78, 5) is 25.8. The molecule has 1 heterocycles. The third-order valence-corrected chi connectivity index (χ3v) is 4.03. The van der Waals surface area contributed by atoms with E-state index >= 15 is 0 Å². The Kier molecular flexibility index (Phi) is 5.87. The second-order valence-electron chi connectivity index (χ2n) is 5.94. The minimum atomic E-state index is -0.418. The van der Waals surface area contributed by atoms with Crippen LogP contribution in [0.3, 0.4) is 0 Å². The average molecular weight is 378 g/mol. The van der Waals surface area contributed by atoms with E-state index < -0.39 is 5.91 Å². The molecule has 1 aliphatic heterocycles. The lowest BCUT2D eigenvalue weighted by Crippen LogP contribution is -2.44. The smallest absolute Gasteiger partial charge is 0.265 e. The molecule has 1 aliphatic rings. The van der Waals surface area contributed by atoms with E-state index in [4.69, 9.17) is 14.7 Å². The molecule has 2 aromatic carbocycles. The van der Waals surface area contributed by atoms with E-state index in [9.17, 15) is 9.59 Å². The number of carbonyl (C=O) groups is 2. The summed E-state index contributed by atoms with van der Waals surface area (Å²) in [5, 5.41) is 12.6. The van der Waals surface area contributed by atoms with Crippen LogP contribution < -0.4 is 19.8 Å². The Morgan fingerprint density at radius 1 is 1.29 bits per heavy atom. The Morgan fingerprint density at radius 2 is 2.04 bits per heavy atom. The molecule has 0 saturated heterocycles. The summed E-state index contributed by atoms with van der Waals surface area (Å²) >= 11 is 0. The molecule has 2 aromatic rings. The molecule has 0 radical (unpaired) electrons. The largest absolute Gasteiger partial charge is 0.482 e. The first kappa shape index (κ1) is 18.9. The van der Waals surface area contributed by atoms with Crippen molar-refractivity contribution in [1.82, 2.24) is 5.43 Å². The van der Waals surface area contributed by atoms with Gasteiger partial charge in [-0.15, -0.1) is 0 Å². The van der Waals surface area contributed by atoms with Gasteiger partial charge in [-0.3, -0.25) is 14.5 Å². The normalized spacial score (nSPS) is 13.2. The van der Waals surface area contributed by atoms with Crippen LogP contribution in [0.1, 0.15) is 12.5 Å². The van der Waals surface area contributed by atoms with Gasteiger partial charge >= 0.3 is 0 Å². The standard InChI is InChI=1S/C20H18N4O4/c1-14(15-6-8-16(9-7-15)27-11-10-21)22-23-19(25)12-24-17-4-2-3-5-18(17)28-13-20(24)26/h2-9H,11-13H2,1H3,(H,23,25)/b22-14-. The van der Waals surface area contributed by atoms with E-state index in [2.05, 4.69) is 10.5 Å². The van der Waals surface area contributed by atoms with Crippen molar-refractivity contribution in [3.63, 3.8) is 0 Å². The zero-order chi connectivity index (χ0) is 19.9. The van der Waals surface area contributed by atoms with Gasteiger partial charge < -0.3 is 9.47 Å². The quantitative estimate of drug-likeness (QED) is 0.610. The molecule has 8 nitrogen and oxygen atoms in total. The number of nitrogens with zero attached hydrogens (tertiary/aromatic N) is 3. The maximum Gasteiger partial charge on any atom is 0.265 e. The summed E-state index contributed by atoms with van der Waals surface area (Å²) < 4.78 is 10.6. The number of hydrogen-bond acceptors (Lipinski definition) is 6. The molecule has 0 bridgehead atoms. The van der Waals surface area contributed by atoms with Crippen molar-refractivity contribution in [2.45, 2.75) is 6.92 Å². The van der Waals surface area contributed by atoms with Crippen molar-refractivity contribution in [3.8, 4) is 17.6 Å². The number of nitrogens with one attached hydrogen (secondary N) is 1. The van der Waals surface area contributed by atoms with Crippen LogP contribution in [0.15, 0.2) is 53.6 Å². The Hall–Kier alpha value is -3.86. The summed E-state index contributed by atoms with van der Waals surface area (Å²) in [6.07, 6.45) is 0. The minimum Gasteiger partial charge on any atom is -0.482 e. The van der Waals surface area contributed by atoms with Crippen LogP contribution in [0, 0.1) is 11.3 Å². The van der Waals surface area contributed by atoms with Gasteiger partial charge in [-0.25, -0.2) is 5.43 Å². The molecule has 0 fully saturated rings. The Labute approximate surface area is 162 Å². The molecular weight excluding hydrogens is 360 g/mol. The Morgan fingerprint density at radius 3 is 2.79 bits per heavy atom. The predicted octanol–water partition coefficient (Wildman–Crippen LogP) is 1.85. The van der Waals surface area contributed by atoms with Crippen LogP contribution in [0.25, 0.3) is 0 Å². The van der Waals surface area contributed by atoms with Crippen molar-refractivity contribution in [2.75, 3.05) is 24.7 Å². The van der Waals surface area contributed by atoms with E-state index in [0.29, 0.717) is 22.9 Å². The molecule has 0 aromatic heterocycles. The van der Waals surface area contributed by atoms with E-state index in [1.807, 2.05) is 6.07 Å². The number of ether oxygens (including phenoxy) is 2. The molecule has 28 heavy (non-hydrogen) atoms. The molecule has 2 amide bonds. The first-order valence-corrected chi connectivity index (χ1v) is 8.54. The van der Waals surface area contributed by atoms with Crippen LogP contribution in [0.5, 0.6) is 11.5 Å². The van der Waals surface area contributed by atoms with E-state index in [0.717, 1.165) is 5.56 Å². The number of nitriles is 1. The van der Waals surface area contributed by atoms with Gasteiger partial charge in [0, 0.05) is 0 Å². The van der Waals surface area contributed by atoms with Crippen molar-refractivity contribution in [2.24, 2.45) is 5.10 Å². The second-order valence-corrected chi connectivity index (χ2v) is 5.94. The van der Waals surface area contributed by atoms with Gasteiger partial charge in [-0.2, -0.15) is 10.4 Å². The van der Waals surface area contributed by atoms with Crippen LogP contribution in [0.4, 0.5) is 5.69 Å². The number of amides is 2. The highest BCUT2D eigenvalue weighted by molar-refractivity contribution is 6.03.